The summed E-state index contributed by atoms with van der Waals surface area (Å²) in [6, 6.07) is 13.9. The van der Waals surface area contributed by atoms with Crippen LogP contribution in [-0.2, 0) is 11.3 Å². The molecule has 3 rings (SSSR count). The predicted molar refractivity (Wildman–Crippen MR) is 102 cm³/mol. The van der Waals surface area contributed by atoms with E-state index in [9.17, 15) is 14.0 Å². The number of benzene rings is 2. The summed E-state index contributed by atoms with van der Waals surface area (Å²) < 4.78 is 12.9. The fraction of sp³-hybridized carbons (Fsp3) is 0.364. The minimum Gasteiger partial charge on any atom is -0.347 e. The highest BCUT2D eigenvalue weighted by Gasteiger charge is 2.28. The zero-order valence-electron chi connectivity index (χ0n) is 15.6. The van der Waals surface area contributed by atoms with Crippen LogP contribution in [0, 0.1) is 18.7 Å². The molecule has 0 radical (unpaired) electrons. The van der Waals surface area contributed by atoms with Gasteiger partial charge in [-0.3, -0.25) is 9.59 Å². The normalized spacial score (nSPS) is 19.5. The molecule has 1 amide bonds. The molecule has 5 heteroatoms. The molecule has 0 spiro atoms. The molecule has 1 saturated heterocycles. The fourth-order valence-corrected chi connectivity index (χ4v) is 3.51. The lowest BCUT2D eigenvalue weighted by atomic mass is 9.88. The van der Waals surface area contributed by atoms with E-state index in [-0.39, 0.29) is 23.4 Å². The molecule has 0 atom stereocenters. The third-order valence-electron chi connectivity index (χ3n) is 5.21. The van der Waals surface area contributed by atoms with E-state index in [0.29, 0.717) is 13.1 Å². The Morgan fingerprint density at radius 1 is 1.04 bits per heavy atom. The summed E-state index contributed by atoms with van der Waals surface area (Å²) in [4.78, 5) is 26.0. The smallest absolute Gasteiger partial charge is 0.275 e. The molecule has 2 N–H and O–H groups in total. The van der Waals surface area contributed by atoms with Crippen molar-refractivity contribution in [2.75, 3.05) is 19.6 Å². The van der Waals surface area contributed by atoms with Gasteiger partial charge in [-0.05, 0) is 24.6 Å². The van der Waals surface area contributed by atoms with Crippen molar-refractivity contribution in [3.05, 3.63) is 71.0 Å². The highest BCUT2D eigenvalue weighted by molar-refractivity contribution is 5.97. The third-order valence-corrected chi connectivity index (χ3v) is 5.21. The molecule has 27 heavy (non-hydrogen) atoms. The van der Waals surface area contributed by atoms with Crippen LogP contribution in [0.15, 0.2) is 48.5 Å². The second-order valence-electron chi connectivity index (χ2n) is 7.33. The lowest BCUT2D eigenvalue weighted by Gasteiger charge is -2.28. The second kappa shape index (κ2) is 8.91. The van der Waals surface area contributed by atoms with E-state index in [1.54, 1.807) is 12.1 Å². The zero-order valence-corrected chi connectivity index (χ0v) is 15.6. The molecule has 1 fully saturated rings. The highest BCUT2D eigenvalue weighted by atomic mass is 19.1. The van der Waals surface area contributed by atoms with Gasteiger partial charge in [0, 0.05) is 30.9 Å². The number of rotatable bonds is 6. The number of Topliss-reactive ketones (excluding diaryl/α,β-unsaturated/α-hetero) is 1. The van der Waals surface area contributed by atoms with E-state index in [1.807, 2.05) is 31.2 Å². The number of halogens is 1. The minimum atomic E-state index is -0.280. The van der Waals surface area contributed by atoms with Crippen molar-refractivity contribution in [2.45, 2.75) is 26.3 Å². The number of hydrogen-bond donors (Lipinski definition) is 2. The van der Waals surface area contributed by atoms with Crippen LogP contribution in [0.4, 0.5) is 4.39 Å². The molecule has 4 nitrogen and oxygen atoms in total. The first-order valence-corrected chi connectivity index (χ1v) is 9.47. The molecule has 0 aliphatic carbocycles. The number of ketones is 1. The van der Waals surface area contributed by atoms with Gasteiger partial charge in [0.25, 0.3) is 5.91 Å². The van der Waals surface area contributed by atoms with Crippen molar-refractivity contribution >= 4 is 11.7 Å². The van der Waals surface area contributed by atoms with Crippen LogP contribution < -0.4 is 10.2 Å². The Hall–Kier alpha value is -2.53. The molecular formula is C22H26FN2O2+. The van der Waals surface area contributed by atoms with Crippen molar-refractivity contribution in [3.8, 4) is 0 Å². The molecule has 1 heterocycles. The summed E-state index contributed by atoms with van der Waals surface area (Å²) in [5, 5.41) is 2.88. The Kier molecular flexibility index (Phi) is 6.35. The largest absolute Gasteiger partial charge is 0.347 e. The standard InChI is InChI=1S/C22H25FN2O2/c1-16-2-6-18(7-3-16)22(27)19-10-12-25(13-11-19)15-21(26)24-14-17-4-8-20(23)9-5-17/h2-9,19H,10-15H2,1H3,(H,24,26)/p+1. The van der Waals surface area contributed by atoms with Crippen molar-refractivity contribution in [3.63, 3.8) is 0 Å². The maximum absolute atomic E-state index is 12.9. The number of aryl methyl sites for hydroxylation is 1. The lowest BCUT2D eigenvalue weighted by Crippen LogP contribution is -3.14. The first kappa shape index (κ1) is 19.2. The lowest BCUT2D eigenvalue weighted by molar-refractivity contribution is -0.897. The van der Waals surface area contributed by atoms with Crippen molar-refractivity contribution in [1.82, 2.24) is 5.32 Å². The maximum atomic E-state index is 12.9. The van der Waals surface area contributed by atoms with Crippen LogP contribution in [0.2, 0.25) is 0 Å². The Morgan fingerprint density at radius 2 is 1.67 bits per heavy atom. The van der Waals surface area contributed by atoms with Gasteiger partial charge in [-0.25, -0.2) is 4.39 Å². The number of nitrogens with one attached hydrogen (secondary N) is 2. The zero-order chi connectivity index (χ0) is 19.2. The molecule has 0 aromatic heterocycles. The van der Waals surface area contributed by atoms with E-state index in [2.05, 4.69) is 5.32 Å². The summed E-state index contributed by atoms with van der Waals surface area (Å²) >= 11 is 0. The Bertz CT molecular complexity index is 779. The molecule has 142 valence electrons. The number of quaternary nitrogens is 1. The number of piperidine rings is 1. The van der Waals surface area contributed by atoms with Crippen LogP contribution in [-0.4, -0.2) is 31.3 Å². The van der Waals surface area contributed by atoms with Gasteiger partial charge in [0.15, 0.2) is 12.3 Å². The molecule has 1 aliphatic rings. The number of amides is 1. The minimum absolute atomic E-state index is 0.0161. The van der Waals surface area contributed by atoms with Gasteiger partial charge in [0.2, 0.25) is 0 Å². The first-order valence-electron chi connectivity index (χ1n) is 9.47. The summed E-state index contributed by atoms with van der Waals surface area (Å²) in [6.07, 6.45) is 1.63. The number of likely N-dealkylation sites (tertiary alicyclic amines) is 1. The summed E-state index contributed by atoms with van der Waals surface area (Å²) in [5.74, 6) is -0.0243. The van der Waals surface area contributed by atoms with Crippen molar-refractivity contribution in [1.29, 1.82) is 0 Å². The molecular weight excluding hydrogens is 343 g/mol. The average molecular weight is 369 g/mol. The molecule has 1 aliphatic heterocycles. The molecule has 0 saturated carbocycles. The Morgan fingerprint density at radius 3 is 2.30 bits per heavy atom. The second-order valence-corrected chi connectivity index (χ2v) is 7.33. The predicted octanol–water partition coefficient (Wildman–Crippen LogP) is 1.93. The number of hydrogen-bond acceptors (Lipinski definition) is 2. The van der Waals surface area contributed by atoms with Crippen LogP contribution in [0.1, 0.15) is 34.3 Å². The van der Waals surface area contributed by atoms with E-state index in [1.165, 1.54) is 17.0 Å². The van der Waals surface area contributed by atoms with Crippen LogP contribution in [0.3, 0.4) is 0 Å². The van der Waals surface area contributed by atoms with Gasteiger partial charge >= 0.3 is 0 Å². The van der Waals surface area contributed by atoms with Crippen molar-refractivity contribution < 1.29 is 18.9 Å². The van der Waals surface area contributed by atoms with Crippen LogP contribution in [0.5, 0.6) is 0 Å². The van der Waals surface area contributed by atoms with Gasteiger partial charge in [-0.1, -0.05) is 42.0 Å². The third kappa shape index (κ3) is 5.47. The van der Waals surface area contributed by atoms with E-state index >= 15 is 0 Å². The molecule has 2 aromatic rings. The van der Waals surface area contributed by atoms with E-state index in [4.69, 9.17) is 0 Å². The quantitative estimate of drug-likeness (QED) is 0.765. The molecule has 0 unspecified atom stereocenters. The van der Waals surface area contributed by atoms with Crippen molar-refractivity contribution in [2.24, 2.45) is 5.92 Å². The van der Waals surface area contributed by atoms with Crippen LogP contribution >= 0.6 is 0 Å². The topological polar surface area (TPSA) is 50.6 Å². The van der Waals surface area contributed by atoms with Gasteiger partial charge in [-0.2, -0.15) is 0 Å². The van der Waals surface area contributed by atoms with E-state index < -0.39 is 0 Å². The summed E-state index contributed by atoms with van der Waals surface area (Å²) in [5.41, 5.74) is 2.81. The van der Waals surface area contributed by atoms with E-state index in [0.717, 1.165) is 42.6 Å². The molecule has 2 aromatic carbocycles. The van der Waals surface area contributed by atoms with Gasteiger partial charge in [-0.15, -0.1) is 0 Å². The first-order chi connectivity index (χ1) is 13.0. The fourth-order valence-electron chi connectivity index (χ4n) is 3.51. The number of carbonyl (C=O) groups excluding carboxylic acids is 2. The molecule has 0 bridgehead atoms. The Labute approximate surface area is 159 Å². The Balaban J connectivity index is 1.42. The highest BCUT2D eigenvalue weighted by Crippen LogP contribution is 2.17. The maximum Gasteiger partial charge on any atom is 0.275 e. The summed E-state index contributed by atoms with van der Waals surface area (Å²) in [6.45, 7) is 4.48. The SMILES string of the molecule is Cc1ccc(C(=O)C2CC[NH+](CC(=O)NCc3ccc(F)cc3)CC2)cc1. The van der Waals surface area contributed by atoms with Gasteiger partial charge in [0.05, 0.1) is 13.1 Å². The average Bonchev–Trinajstić information content (AvgIpc) is 2.68. The number of carbonyl (C=O) groups is 2. The van der Waals surface area contributed by atoms with Gasteiger partial charge < -0.3 is 10.2 Å². The van der Waals surface area contributed by atoms with Gasteiger partial charge in [0.1, 0.15) is 5.82 Å². The summed E-state index contributed by atoms with van der Waals surface area (Å²) in [7, 11) is 0. The van der Waals surface area contributed by atoms with Crippen LogP contribution in [0.25, 0.3) is 0 Å². The monoisotopic (exact) mass is 369 g/mol.